The van der Waals surface area contributed by atoms with Crippen LogP contribution in [0, 0.1) is 10.1 Å². The smallest absolute Gasteiger partial charge is 0.395 e. The van der Waals surface area contributed by atoms with Crippen LogP contribution in [-0.4, -0.2) is 43.6 Å². The van der Waals surface area contributed by atoms with Gasteiger partial charge in [-0.15, -0.1) is 0 Å². The van der Waals surface area contributed by atoms with Crippen molar-refractivity contribution in [3.05, 3.63) is 52.3 Å². The molecule has 0 bridgehead atoms. The molecule has 0 unspecified atom stereocenters. The van der Waals surface area contributed by atoms with Gasteiger partial charge < -0.3 is 19.5 Å². The second-order valence-electron chi connectivity index (χ2n) is 5.99. The standard InChI is InChI=1S/C17H20N4O4/c1-2-19-9-11-20(12-10-19)14-5-3-13(4-6-14)18-17(22)15-7-8-16(25-15)21(23)24/h3-8H,2,9-12H2,1H3,(H,18,22)/p+1. The normalized spacial score (nSPS) is 15.2. The van der Waals surface area contributed by atoms with Gasteiger partial charge in [0.1, 0.15) is 4.92 Å². The number of quaternary nitrogens is 1. The number of carbonyl (C=O) groups excluding carboxylic acids is 1. The Labute approximate surface area is 145 Å². The van der Waals surface area contributed by atoms with E-state index >= 15 is 0 Å². The van der Waals surface area contributed by atoms with Crippen LogP contribution in [-0.2, 0) is 0 Å². The van der Waals surface area contributed by atoms with Crippen LogP contribution >= 0.6 is 0 Å². The third-order valence-electron chi connectivity index (χ3n) is 4.46. The van der Waals surface area contributed by atoms with Crippen molar-refractivity contribution in [2.24, 2.45) is 0 Å². The molecular weight excluding hydrogens is 324 g/mol. The molecule has 2 heterocycles. The molecule has 1 amide bonds. The van der Waals surface area contributed by atoms with Crippen LogP contribution in [0.3, 0.4) is 0 Å². The van der Waals surface area contributed by atoms with Gasteiger partial charge in [-0.2, -0.15) is 0 Å². The first-order chi connectivity index (χ1) is 12.1. The van der Waals surface area contributed by atoms with Crippen LogP contribution in [0.15, 0.2) is 40.8 Å². The van der Waals surface area contributed by atoms with Crippen molar-refractivity contribution in [1.82, 2.24) is 0 Å². The third kappa shape index (κ3) is 3.97. The predicted octanol–water partition coefficient (Wildman–Crippen LogP) is 1.16. The van der Waals surface area contributed by atoms with Crippen molar-refractivity contribution in [3.63, 3.8) is 0 Å². The number of likely N-dealkylation sites (N-methyl/N-ethyl adjacent to an activating group) is 1. The fourth-order valence-corrected chi connectivity index (χ4v) is 2.93. The number of carbonyl (C=O) groups is 1. The number of amides is 1. The fourth-order valence-electron chi connectivity index (χ4n) is 2.93. The molecule has 132 valence electrons. The molecule has 2 aromatic rings. The lowest BCUT2D eigenvalue weighted by atomic mass is 10.2. The molecule has 0 spiro atoms. The van der Waals surface area contributed by atoms with Gasteiger partial charge in [0.05, 0.1) is 38.8 Å². The minimum atomic E-state index is -0.675. The Morgan fingerprint density at radius 3 is 2.48 bits per heavy atom. The number of benzene rings is 1. The zero-order valence-corrected chi connectivity index (χ0v) is 14.0. The van der Waals surface area contributed by atoms with Gasteiger partial charge in [-0.05, 0) is 37.3 Å². The molecule has 8 nitrogen and oxygen atoms in total. The van der Waals surface area contributed by atoms with Crippen molar-refractivity contribution in [3.8, 4) is 0 Å². The predicted molar refractivity (Wildman–Crippen MR) is 93.2 cm³/mol. The minimum absolute atomic E-state index is 0.0885. The molecule has 1 fully saturated rings. The van der Waals surface area contributed by atoms with Gasteiger partial charge in [0.2, 0.25) is 0 Å². The first-order valence-corrected chi connectivity index (χ1v) is 8.31. The van der Waals surface area contributed by atoms with E-state index in [-0.39, 0.29) is 5.76 Å². The molecule has 0 atom stereocenters. The molecule has 1 saturated heterocycles. The van der Waals surface area contributed by atoms with Gasteiger partial charge in [-0.3, -0.25) is 14.9 Å². The maximum atomic E-state index is 12.1. The summed E-state index contributed by atoms with van der Waals surface area (Å²) in [6, 6.07) is 10.0. The molecule has 2 N–H and O–H groups in total. The Morgan fingerprint density at radius 1 is 1.24 bits per heavy atom. The van der Waals surface area contributed by atoms with E-state index in [1.807, 2.05) is 24.3 Å². The van der Waals surface area contributed by atoms with E-state index in [0.29, 0.717) is 5.69 Å². The molecule has 8 heteroatoms. The van der Waals surface area contributed by atoms with E-state index in [1.54, 1.807) is 4.90 Å². The average molecular weight is 345 g/mol. The topological polar surface area (TPSA) is 93.1 Å². The van der Waals surface area contributed by atoms with Crippen molar-refractivity contribution in [2.75, 3.05) is 42.9 Å². The largest absolute Gasteiger partial charge is 0.433 e. The molecule has 0 aliphatic carbocycles. The SMILES string of the molecule is CC[NH+]1CCN(c2ccc(NC(=O)c3ccc([N+](=O)[O-])o3)cc2)CC1. The zero-order valence-electron chi connectivity index (χ0n) is 14.0. The van der Waals surface area contributed by atoms with Crippen molar-refractivity contribution >= 4 is 23.2 Å². The van der Waals surface area contributed by atoms with Crippen LogP contribution in [0.25, 0.3) is 0 Å². The number of furan rings is 1. The van der Waals surface area contributed by atoms with Gasteiger partial charge in [-0.1, -0.05) is 0 Å². The van der Waals surface area contributed by atoms with Crippen LogP contribution < -0.4 is 15.1 Å². The lowest BCUT2D eigenvalue weighted by Gasteiger charge is -2.33. The highest BCUT2D eigenvalue weighted by Crippen LogP contribution is 2.20. The van der Waals surface area contributed by atoms with Gasteiger partial charge in [-0.25, -0.2) is 0 Å². The molecule has 25 heavy (non-hydrogen) atoms. The summed E-state index contributed by atoms with van der Waals surface area (Å²) in [4.78, 5) is 25.9. The Morgan fingerprint density at radius 2 is 1.92 bits per heavy atom. The number of rotatable bonds is 5. The lowest BCUT2D eigenvalue weighted by Crippen LogP contribution is -3.14. The molecule has 1 aliphatic rings. The summed E-state index contributed by atoms with van der Waals surface area (Å²) in [7, 11) is 0. The number of nitrogens with zero attached hydrogens (tertiary/aromatic N) is 2. The van der Waals surface area contributed by atoms with Crippen LogP contribution in [0.1, 0.15) is 17.5 Å². The summed E-state index contributed by atoms with van der Waals surface area (Å²) in [6.07, 6.45) is 0. The highest BCUT2D eigenvalue weighted by atomic mass is 16.6. The maximum absolute atomic E-state index is 12.1. The van der Waals surface area contributed by atoms with E-state index in [0.717, 1.165) is 44.5 Å². The number of anilines is 2. The molecule has 0 radical (unpaired) electrons. The van der Waals surface area contributed by atoms with E-state index < -0.39 is 16.7 Å². The summed E-state index contributed by atoms with van der Waals surface area (Å²) >= 11 is 0. The summed E-state index contributed by atoms with van der Waals surface area (Å²) in [6.45, 7) is 7.66. The van der Waals surface area contributed by atoms with E-state index in [4.69, 9.17) is 4.42 Å². The molecule has 0 saturated carbocycles. The summed E-state index contributed by atoms with van der Waals surface area (Å²) in [5.41, 5.74) is 1.74. The van der Waals surface area contributed by atoms with Crippen LogP contribution in [0.4, 0.5) is 17.3 Å². The Kier molecular flexibility index (Phi) is 4.99. The van der Waals surface area contributed by atoms with Gasteiger partial charge in [0.25, 0.3) is 5.91 Å². The second kappa shape index (κ2) is 7.35. The highest BCUT2D eigenvalue weighted by Gasteiger charge is 2.19. The monoisotopic (exact) mass is 345 g/mol. The second-order valence-corrected chi connectivity index (χ2v) is 5.99. The molecule has 1 aliphatic heterocycles. The summed E-state index contributed by atoms with van der Waals surface area (Å²) < 4.78 is 4.90. The van der Waals surface area contributed by atoms with Gasteiger partial charge >= 0.3 is 5.88 Å². The minimum Gasteiger partial charge on any atom is -0.395 e. The Hall–Kier alpha value is -2.87. The Bertz CT molecular complexity index is 748. The number of nitro groups is 1. The van der Waals surface area contributed by atoms with E-state index in [9.17, 15) is 14.9 Å². The maximum Gasteiger partial charge on any atom is 0.433 e. The van der Waals surface area contributed by atoms with E-state index in [2.05, 4.69) is 17.1 Å². The van der Waals surface area contributed by atoms with Crippen molar-refractivity contribution in [2.45, 2.75) is 6.92 Å². The van der Waals surface area contributed by atoms with Gasteiger partial charge in [0.15, 0.2) is 5.76 Å². The zero-order chi connectivity index (χ0) is 17.8. The van der Waals surface area contributed by atoms with Crippen molar-refractivity contribution < 1.29 is 19.0 Å². The number of nitrogens with one attached hydrogen (secondary N) is 2. The van der Waals surface area contributed by atoms with Crippen molar-refractivity contribution in [1.29, 1.82) is 0 Å². The average Bonchev–Trinajstić information content (AvgIpc) is 3.13. The number of hydrogen-bond acceptors (Lipinski definition) is 5. The Balaban J connectivity index is 1.60. The van der Waals surface area contributed by atoms with Gasteiger partial charge in [0, 0.05) is 11.4 Å². The fraction of sp³-hybridized carbons (Fsp3) is 0.353. The first-order valence-electron chi connectivity index (χ1n) is 8.31. The molecule has 3 rings (SSSR count). The van der Waals surface area contributed by atoms with E-state index in [1.165, 1.54) is 6.07 Å². The number of piperazine rings is 1. The summed E-state index contributed by atoms with van der Waals surface area (Å²) in [5.74, 6) is -1.05. The quantitative estimate of drug-likeness (QED) is 0.627. The summed E-state index contributed by atoms with van der Waals surface area (Å²) in [5, 5.41) is 13.3. The molecular formula is C17H21N4O4+. The number of hydrogen-bond donors (Lipinski definition) is 2. The molecule has 1 aromatic carbocycles. The first kappa shape index (κ1) is 17.0. The third-order valence-corrected chi connectivity index (χ3v) is 4.46. The lowest BCUT2D eigenvalue weighted by molar-refractivity contribution is -0.898. The molecule has 1 aromatic heterocycles. The highest BCUT2D eigenvalue weighted by molar-refractivity contribution is 6.02. The van der Waals surface area contributed by atoms with Crippen LogP contribution in [0.2, 0.25) is 0 Å². The van der Waals surface area contributed by atoms with Crippen LogP contribution in [0.5, 0.6) is 0 Å².